The molecule has 0 atom stereocenters. The lowest BCUT2D eigenvalue weighted by atomic mass is 10.0. The van der Waals surface area contributed by atoms with Crippen LogP contribution in [-0.2, 0) is 9.59 Å². The summed E-state index contributed by atoms with van der Waals surface area (Å²) >= 11 is 0. The van der Waals surface area contributed by atoms with Gasteiger partial charge in [0.1, 0.15) is 0 Å². The fourth-order valence-electron chi connectivity index (χ4n) is 6.21. The van der Waals surface area contributed by atoms with E-state index in [2.05, 4.69) is 0 Å². The Kier molecular flexibility index (Phi) is 35.2. The normalized spacial score (nSPS) is 11.3. The van der Waals surface area contributed by atoms with Crippen LogP contribution in [0.3, 0.4) is 0 Å². The summed E-state index contributed by atoms with van der Waals surface area (Å²) in [6.07, 6.45) is 46.4. The summed E-state index contributed by atoms with van der Waals surface area (Å²) in [6, 6.07) is 0. The van der Waals surface area contributed by atoms with E-state index in [9.17, 15) is 9.59 Å². The molecule has 2 N–H and O–H groups in total. The van der Waals surface area contributed by atoms with Gasteiger partial charge in [0.15, 0.2) is 0 Å². The molecule has 250 valence electrons. The Labute approximate surface area is 262 Å². The van der Waals surface area contributed by atoms with Crippen molar-refractivity contribution in [1.82, 2.24) is 0 Å². The molecule has 4 nitrogen and oxygen atoms in total. The zero-order chi connectivity index (χ0) is 30.6. The number of carboxylic acid groups (broad SMARTS) is 2. The van der Waals surface area contributed by atoms with Gasteiger partial charge in [0.05, 0.1) is 0 Å². The summed E-state index contributed by atoms with van der Waals surface area (Å²) in [4.78, 5) is 21.0. The lowest BCUT2D eigenvalue weighted by Gasteiger charge is -2.05. The van der Waals surface area contributed by atoms with Crippen LogP contribution in [0.1, 0.15) is 231 Å². The average molecular weight is 595 g/mol. The zero-order valence-electron chi connectivity index (χ0n) is 28.2. The van der Waals surface area contributed by atoms with Crippen molar-refractivity contribution in [2.75, 3.05) is 0 Å². The molecule has 0 radical (unpaired) electrons. The molecule has 0 aromatic rings. The number of carboxylic acids is 2. The molecule has 0 fully saturated rings. The highest BCUT2D eigenvalue weighted by atomic mass is 16.4. The van der Waals surface area contributed by atoms with Crippen molar-refractivity contribution in [3.63, 3.8) is 0 Å². The largest absolute Gasteiger partial charge is 0.481 e. The number of hydrogen-bond acceptors (Lipinski definition) is 2. The summed E-state index contributed by atoms with van der Waals surface area (Å²) in [6.45, 7) is 0. The second kappa shape index (κ2) is 36.1. The molecular formula is C38H74O4. The van der Waals surface area contributed by atoms with E-state index >= 15 is 0 Å². The van der Waals surface area contributed by atoms with Crippen molar-refractivity contribution >= 4 is 11.9 Å². The molecule has 0 saturated heterocycles. The fourth-order valence-corrected chi connectivity index (χ4v) is 6.21. The van der Waals surface area contributed by atoms with Gasteiger partial charge in [-0.05, 0) is 12.8 Å². The first-order valence-corrected chi connectivity index (χ1v) is 19.1. The minimum atomic E-state index is -0.653. The fraction of sp³-hybridized carbons (Fsp3) is 0.947. The number of aliphatic carboxylic acids is 2. The highest BCUT2D eigenvalue weighted by Gasteiger charge is 1.99. The Morgan fingerprint density at radius 3 is 0.405 bits per heavy atom. The molecule has 0 bridgehead atoms. The first-order valence-electron chi connectivity index (χ1n) is 19.1. The lowest BCUT2D eigenvalue weighted by Crippen LogP contribution is -1.93. The minimum absolute atomic E-state index is 0.340. The lowest BCUT2D eigenvalue weighted by molar-refractivity contribution is -0.138. The van der Waals surface area contributed by atoms with Crippen molar-refractivity contribution in [2.24, 2.45) is 0 Å². The molecule has 0 saturated carbocycles. The van der Waals surface area contributed by atoms with Crippen LogP contribution in [0, 0.1) is 0 Å². The Bertz CT molecular complexity index is 499. The topological polar surface area (TPSA) is 74.6 Å². The van der Waals surface area contributed by atoms with Crippen LogP contribution in [0.4, 0.5) is 0 Å². The number of hydrogen-bond donors (Lipinski definition) is 2. The summed E-state index contributed by atoms with van der Waals surface area (Å²) in [7, 11) is 0. The molecule has 0 aromatic heterocycles. The second-order valence-corrected chi connectivity index (χ2v) is 13.3. The molecule has 0 spiro atoms. The highest BCUT2D eigenvalue weighted by molar-refractivity contribution is 5.66. The Morgan fingerprint density at radius 1 is 0.214 bits per heavy atom. The Morgan fingerprint density at radius 2 is 0.310 bits per heavy atom. The van der Waals surface area contributed by atoms with Gasteiger partial charge < -0.3 is 10.2 Å². The third kappa shape index (κ3) is 38.9. The van der Waals surface area contributed by atoms with Gasteiger partial charge >= 0.3 is 11.9 Å². The summed E-state index contributed by atoms with van der Waals surface area (Å²) in [5.41, 5.74) is 0. The molecule has 0 aliphatic carbocycles. The predicted molar refractivity (Wildman–Crippen MR) is 181 cm³/mol. The molecule has 4 heteroatoms. The smallest absolute Gasteiger partial charge is 0.303 e. The molecule has 0 amide bonds. The van der Waals surface area contributed by atoms with Crippen molar-refractivity contribution < 1.29 is 19.8 Å². The van der Waals surface area contributed by atoms with Crippen LogP contribution in [0.2, 0.25) is 0 Å². The Hall–Kier alpha value is -1.06. The van der Waals surface area contributed by atoms with Crippen LogP contribution in [0.5, 0.6) is 0 Å². The first-order chi connectivity index (χ1) is 20.6. The molecule has 42 heavy (non-hydrogen) atoms. The number of rotatable bonds is 37. The van der Waals surface area contributed by atoms with Gasteiger partial charge in [0.2, 0.25) is 0 Å². The minimum Gasteiger partial charge on any atom is -0.481 e. The molecule has 0 aromatic carbocycles. The van der Waals surface area contributed by atoms with Crippen LogP contribution in [-0.4, -0.2) is 22.2 Å². The van der Waals surface area contributed by atoms with Crippen LogP contribution in [0.15, 0.2) is 0 Å². The van der Waals surface area contributed by atoms with Gasteiger partial charge in [-0.3, -0.25) is 9.59 Å². The van der Waals surface area contributed by atoms with E-state index in [1.165, 1.54) is 193 Å². The zero-order valence-corrected chi connectivity index (χ0v) is 28.2. The van der Waals surface area contributed by atoms with Gasteiger partial charge in [-0.1, -0.05) is 205 Å². The maximum atomic E-state index is 10.5. The van der Waals surface area contributed by atoms with Crippen molar-refractivity contribution in [2.45, 2.75) is 231 Å². The van der Waals surface area contributed by atoms with Gasteiger partial charge in [-0.25, -0.2) is 0 Å². The van der Waals surface area contributed by atoms with Gasteiger partial charge in [0, 0.05) is 12.8 Å². The Balaban J connectivity index is 3.04. The molecular weight excluding hydrogens is 520 g/mol. The molecule has 0 aliphatic heterocycles. The summed E-state index contributed by atoms with van der Waals surface area (Å²) in [5.74, 6) is -1.31. The van der Waals surface area contributed by atoms with Crippen LogP contribution < -0.4 is 0 Å². The van der Waals surface area contributed by atoms with Crippen molar-refractivity contribution in [3.05, 3.63) is 0 Å². The van der Waals surface area contributed by atoms with Crippen molar-refractivity contribution in [3.8, 4) is 0 Å². The number of carbonyl (C=O) groups is 2. The van der Waals surface area contributed by atoms with E-state index in [0.29, 0.717) is 12.8 Å². The standard InChI is InChI=1S/C38H74O4/c39-37(40)35-33-31-29-27-25-23-21-19-17-15-13-11-9-7-5-3-1-2-4-6-8-10-12-14-16-18-20-22-24-26-28-30-32-34-36-38(41)42/h1-36H2,(H,39,40)(H,41,42). The van der Waals surface area contributed by atoms with Gasteiger partial charge in [-0.15, -0.1) is 0 Å². The molecule has 0 rings (SSSR count). The third-order valence-corrected chi connectivity index (χ3v) is 9.03. The summed E-state index contributed by atoms with van der Waals surface area (Å²) < 4.78 is 0. The molecule has 0 unspecified atom stereocenters. The van der Waals surface area contributed by atoms with E-state index in [-0.39, 0.29) is 0 Å². The van der Waals surface area contributed by atoms with E-state index < -0.39 is 11.9 Å². The first kappa shape index (κ1) is 40.9. The van der Waals surface area contributed by atoms with Gasteiger partial charge in [-0.2, -0.15) is 0 Å². The maximum absolute atomic E-state index is 10.5. The highest BCUT2D eigenvalue weighted by Crippen LogP contribution is 2.17. The van der Waals surface area contributed by atoms with E-state index in [0.717, 1.165) is 25.7 Å². The SMILES string of the molecule is O=C(O)CCCCCCCCCCCCCCCCCCCCCCCCCCCCCCCCCCCCC(=O)O. The molecule has 0 aliphatic rings. The maximum Gasteiger partial charge on any atom is 0.303 e. The van der Waals surface area contributed by atoms with E-state index in [1.54, 1.807) is 0 Å². The quantitative estimate of drug-likeness (QED) is 0.0701. The van der Waals surface area contributed by atoms with Crippen LogP contribution in [0.25, 0.3) is 0 Å². The molecule has 0 heterocycles. The monoisotopic (exact) mass is 595 g/mol. The third-order valence-electron chi connectivity index (χ3n) is 9.03. The van der Waals surface area contributed by atoms with Crippen LogP contribution >= 0.6 is 0 Å². The summed E-state index contributed by atoms with van der Waals surface area (Å²) in [5, 5.41) is 17.3. The van der Waals surface area contributed by atoms with E-state index in [1.807, 2.05) is 0 Å². The number of unbranched alkanes of at least 4 members (excludes halogenated alkanes) is 33. The second-order valence-electron chi connectivity index (χ2n) is 13.3. The predicted octanol–water partition coefficient (Wildman–Crippen LogP) is 13.2. The average Bonchev–Trinajstić information content (AvgIpc) is 2.96. The van der Waals surface area contributed by atoms with Gasteiger partial charge in [0.25, 0.3) is 0 Å². The van der Waals surface area contributed by atoms with E-state index in [4.69, 9.17) is 10.2 Å². The van der Waals surface area contributed by atoms with Crippen molar-refractivity contribution in [1.29, 1.82) is 0 Å².